The summed E-state index contributed by atoms with van der Waals surface area (Å²) in [5, 5.41) is 3.23. The Labute approximate surface area is 96.6 Å². The maximum Gasteiger partial charge on any atom is 0.223 e. The zero-order valence-electron chi connectivity index (χ0n) is 10.5. The van der Waals surface area contributed by atoms with Crippen LogP contribution in [0.25, 0.3) is 0 Å². The number of furan rings is 1. The molecule has 1 aromatic heterocycles. The molecule has 0 saturated carbocycles. The summed E-state index contributed by atoms with van der Waals surface area (Å²) in [5.41, 5.74) is 1.16. The van der Waals surface area contributed by atoms with Gasteiger partial charge in [-0.05, 0) is 19.9 Å². The summed E-state index contributed by atoms with van der Waals surface area (Å²) in [7, 11) is 3.54. The van der Waals surface area contributed by atoms with Gasteiger partial charge in [-0.2, -0.15) is 0 Å². The Morgan fingerprint density at radius 1 is 1.44 bits per heavy atom. The molecule has 90 valence electrons. The first-order valence-electron chi connectivity index (χ1n) is 5.47. The molecule has 0 spiro atoms. The molecule has 1 aromatic rings. The molecular weight excluding hydrogens is 204 g/mol. The van der Waals surface area contributed by atoms with Crippen molar-refractivity contribution in [2.24, 2.45) is 0 Å². The van der Waals surface area contributed by atoms with Crippen LogP contribution in [0.1, 0.15) is 23.5 Å². The first-order chi connectivity index (χ1) is 7.50. The summed E-state index contributed by atoms with van der Waals surface area (Å²) in [5.74, 6) is 2.02. The number of hydrogen-bond acceptors (Lipinski definition) is 3. The van der Waals surface area contributed by atoms with Crippen molar-refractivity contribution in [2.75, 3.05) is 20.6 Å². The summed E-state index contributed by atoms with van der Waals surface area (Å²) in [6.45, 7) is 5.34. The highest BCUT2D eigenvalue weighted by atomic mass is 16.3. The number of nitrogens with zero attached hydrogens (tertiary/aromatic N) is 1. The number of carbonyl (C=O) groups excluding carboxylic acids is 1. The van der Waals surface area contributed by atoms with Gasteiger partial charge < -0.3 is 14.6 Å². The maximum atomic E-state index is 11.3. The van der Waals surface area contributed by atoms with Crippen molar-refractivity contribution in [1.82, 2.24) is 10.2 Å². The van der Waals surface area contributed by atoms with Crippen molar-refractivity contribution in [1.29, 1.82) is 0 Å². The standard InChI is InChI=1S/C12H20N2O2/c1-9-7-11(10(2)16-9)8-13-6-5-12(15)14(3)4/h7,13H,5-6,8H2,1-4H3. The molecule has 0 atom stereocenters. The first kappa shape index (κ1) is 12.8. The van der Waals surface area contributed by atoms with Gasteiger partial charge in [-0.1, -0.05) is 0 Å². The van der Waals surface area contributed by atoms with Gasteiger partial charge in [0.05, 0.1) is 0 Å². The fourth-order valence-electron chi connectivity index (χ4n) is 1.50. The lowest BCUT2D eigenvalue weighted by Crippen LogP contribution is -2.26. The van der Waals surface area contributed by atoms with Crippen molar-refractivity contribution in [3.05, 3.63) is 23.2 Å². The van der Waals surface area contributed by atoms with E-state index < -0.39 is 0 Å². The van der Waals surface area contributed by atoms with Gasteiger partial charge in [0.25, 0.3) is 0 Å². The summed E-state index contributed by atoms with van der Waals surface area (Å²) in [6.07, 6.45) is 0.531. The van der Waals surface area contributed by atoms with Crippen LogP contribution >= 0.6 is 0 Å². The van der Waals surface area contributed by atoms with Crippen LogP contribution in [0, 0.1) is 13.8 Å². The second kappa shape index (κ2) is 5.70. The number of amides is 1. The fourth-order valence-corrected chi connectivity index (χ4v) is 1.50. The predicted molar refractivity (Wildman–Crippen MR) is 63.2 cm³/mol. The molecular formula is C12H20N2O2. The van der Waals surface area contributed by atoms with Gasteiger partial charge in [0.15, 0.2) is 0 Å². The topological polar surface area (TPSA) is 45.5 Å². The van der Waals surface area contributed by atoms with Crippen LogP contribution in [-0.2, 0) is 11.3 Å². The van der Waals surface area contributed by atoms with E-state index >= 15 is 0 Å². The molecule has 0 fully saturated rings. The zero-order valence-corrected chi connectivity index (χ0v) is 10.5. The lowest BCUT2D eigenvalue weighted by Gasteiger charge is -2.10. The summed E-state index contributed by atoms with van der Waals surface area (Å²) in [6, 6.07) is 2.02. The molecule has 0 aromatic carbocycles. The van der Waals surface area contributed by atoms with E-state index in [0.29, 0.717) is 13.0 Å². The zero-order chi connectivity index (χ0) is 12.1. The molecule has 0 aliphatic heterocycles. The Hall–Kier alpha value is -1.29. The Kier molecular flexibility index (Phi) is 4.55. The number of hydrogen-bond donors (Lipinski definition) is 1. The Morgan fingerprint density at radius 2 is 2.12 bits per heavy atom. The Morgan fingerprint density at radius 3 is 2.62 bits per heavy atom. The second-order valence-electron chi connectivity index (χ2n) is 4.15. The summed E-state index contributed by atoms with van der Waals surface area (Å²) < 4.78 is 5.42. The smallest absolute Gasteiger partial charge is 0.223 e. The maximum absolute atomic E-state index is 11.3. The van der Waals surface area contributed by atoms with E-state index in [0.717, 1.165) is 23.6 Å². The molecule has 0 aliphatic carbocycles. The van der Waals surface area contributed by atoms with Crippen molar-refractivity contribution in [3.63, 3.8) is 0 Å². The molecule has 0 bridgehead atoms. The third-order valence-corrected chi connectivity index (χ3v) is 2.47. The van der Waals surface area contributed by atoms with E-state index in [4.69, 9.17) is 4.42 Å². The monoisotopic (exact) mass is 224 g/mol. The molecule has 1 rings (SSSR count). The van der Waals surface area contributed by atoms with Gasteiger partial charge in [0.1, 0.15) is 11.5 Å². The molecule has 1 amide bonds. The number of aryl methyl sites for hydroxylation is 2. The Balaban J connectivity index is 2.26. The fraction of sp³-hybridized carbons (Fsp3) is 0.583. The third-order valence-electron chi connectivity index (χ3n) is 2.47. The van der Waals surface area contributed by atoms with E-state index in [-0.39, 0.29) is 5.91 Å². The van der Waals surface area contributed by atoms with Crippen molar-refractivity contribution >= 4 is 5.91 Å². The van der Waals surface area contributed by atoms with Crippen LogP contribution in [0.3, 0.4) is 0 Å². The van der Waals surface area contributed by atoms with E-state index in [1.807, 2.05) is 19.9 Å². The second-order valence-corrected chi connectivity index (χ2v) is 4.15. The highest BCUT2D eigenvalue weighted by molar-refractivity contribution is 5.75. The number of carbonyl (C=O) groups is 1. The van der Waals surface area contributed by atoms with E-state index in [1.165, 1.54) is 0 Å². The lowest BCUT2D eigenvalue weighted by atomic mass is 10.2. The number of rotatable bonds is 5. The van der Waals surface area contributed by atoms with Crippen LogP contribution in [0.15, 0.2) is 10.5 Å². The van der Waals surface area contributed by atoms with Gasteiger partial charge in [-0.15, -0.1) is 0 Å². The molecule has 4 heteroatoms. The molecule has 0 aliphatic rings. The third kappa shape index (κ3) is 3.70. The largest absolute Gasteiger partial charge is 0.466 e. The number of nitrogens with one attached hydrogen (secondary N) is 1. The Bertz CT molecular complexity index is 356. The average molecular weight is 224 g/mol. The molecule has 16 heavy (non-hydrogen) atoms. The van der Waals surface area contributed by atoms with Crippen molar-refractivity contribution in [3.8, 4) is 0 Å². The predicted octanol–water partition coefficient (Wildman–Crippen LogP) is 1.46. The molecule has 1 N–H and O–H groups in total. The van der Waals surface area contributed by atoms with Crippen LogP contribution in [-0.4, -0.2) is 31.4 Å². The van der Waals surface area contributed by atoms with Crippen LogP contribution in [0.5, 0.6) is 0 Å². The van der Waals surface area contributed by atoms with Crippen LogP contribution in [0.4, 0.5) is 0 Å². The van der Waals surface area contributed by atoms with Crippen LogP contribution < -0.4 is 5.32 Å². The minimum absolute atomic E-state index is 0.146. The average Bonchev–Trinajstić information content (AvgIpc) is 2.51. The van der Waals surface area contributed by atoms with E-state index in [2.05, 4.69) is 5.32 Å². The first-order valence-corrected chi connectivity index (χ1v) is 5.47. The summed E-state index contributed by atoms with van der Waals surface area (Å²) >= 11 is 0. The van der Waals surface area contributed by atoms with Gasteiger partial charge in [0, 0.05) is 39.2 Å². The minimum Gasteiger partial charge on any atom is -0.466 e. The quantitative estimate of drug-likeness (QED) is 0.770. The highest BCUT2D eigenvalue weighted by Gasteiger charge is 2.05. The highest BCUT2D eigenvalue weighted by Crippen LogP contribution is 2.12. The van der Waals surface area contributed by atoms with E-state index in [9.17, 15) is 4.79 Å². The van der Waals surface area contributed by atoms with Crippen LogP contribution in [0.2, 0.25) is 0 Å². The summed E-state index contributed by atoms with van der Waals surface area (Å²) in [4.78, 5) is 12.9. The molecule has 1 heterocycles. The van der Waals surface area contributed by atoms with E-state index in [1.54, 1.807) is 19.0 Å². The van der Waals surface area contributed by atoms with Gasteiger partial charge in [-0.25, -0.2) is 0 Å². The normalized spacial score (nSPS) is 10.5. The van der Waals surface area contributed by atoms with Crippen molar-refractivity contribution < 1.29 is 9.21 Å². The van der Waals surface area contributed by atoms with Gasteiger partial charge >= 0.3 is 0 Å². The SMILES string of the molecule is Cc1cc(CNCCC(=O)N(C)C)c(C)o1. The van der Waals surface area contributed by atoms with Gasteiger partial charge in [-0.3, -0.25) is 4.79 Å². The van der Waals surface area contributed by atoms with Gasteiger partial charge in [0.2, 0.25) is 5.91 Å². The molecule has 0 saturated heterocycles. The molecule has 0 unspecified atom stereocenters. The molecule has 0 radical (unpaired) electrons. The minimum atomic E-state index is 0.146. The van der Waals surface area contributed by atoms with Crippen molar-refractivity contribution in [2.45, 2.75) is 26.8 Å². The lowest BCUT2D eigenvalue weighted by molar-refractivity contribution is -0.128. The molecule has 4 nitrogen and oxygen atoms in total.